The van der Waals surface area contributed by atoms with Crippen LogP contribution in [-0.4, -0.2) is 29.0 Å². The highest BCUT2D eigenvalue weighted by Gasteiger charge is 2.11. The van der Waals surface area contributed by atoms with Gasteiger partial charge in [0.15, 0.2) is 0 Å². The molecule has 0 aliphatic rings. The van der Waals surface area contributed by atoms with E-state index in [0.717, 1.165) is 27.6 Å². The van der Waals surface area contributed by atoms with E-state index in [2.05, 4.69) is 15.0 Å². The first-order valence-corrected chi connectivity index (χ1v) is 5.37. The lowest BCUT2D eigenvalue weighted by Gasteiger charge is -2.14. The van der Waals surface area contributed by atoms with Crippen molar-refractivity contribution in [3.05, 3.63) is 24.4 Å². The number of hydrogen-bond donors (Lipinski definition) is 2. The zero-order chi connectivity index (χ0) is 12.0. The Morgan fingerprint density at radius 3 is 2.76 bits per heavy atom. The average molecular weight is 227 g/mol. The molecule has 3 rings (SSSR count). The van der Waals surface area contributed by atoms with Gasteiger partial charge in [0.1, 0.15) is 5.82 Å². The predicted molar refractivity (Wildman–Crippen MR) is 70.1 cm³/mol. The van der Waals surface area contributed by atoms with E-state index in [1.807, 2.05) is 43.4 Å². The number of anilines is 2. The van der Waals surface area contributed by atoms with Gasteiger partial charge in [-0.2, -0.15) is 4.98 Å². The second-order valence-corrected chi connectivity index (χ2v) is 4.20. The summed E-state index contributed by atoms with van der Waals surface area (Å²) in [6.45, 7) is 0. The Hall–Kier alpha value is -2.30. The van der Waals surface area contributed by atoms with Crippen LogP contribution in [-0.2, 0) is 0 Å². The molecule has 3 aromatic rings. The Labute approximate surface area is 98.3 Å². The van der Waals surface area contributed by atoms with Crippen LogP contribution in [0.2, 0.25) is 0 Å². The number of fused-ring (bicyclic) bond motifs is 3. The Balaban J connectivity index is 2.55. The van der Waals surface area contributed by atoms with Crippen molar-refractivity contribution in [1.82, 2.24) is 15.0 Å². The fraction of sp³-hybridized carbons (Fsp3) is 0.167. The van der Waals surface area contributed by atoms with E-state index in [4.69, 9.17) is 5.73 Å². The zero-order valence-electron chi connectivity index (χ0n) is 9.73. The molecule has 0 radical (unpaired) electrons. The molecular weight excluding hydrogens is 214 g/mol. The number of H-pyrrole nitrogens is 1. The third-order valence-electron chi connectivity index (χ3n) is 2.82. The quantitative estimate of drug-likeness (QED) is 0.664. The highest BCUT2D eigenvalue weighted by molar-refractivity contribution is 6.10. The van der Waals surface area contributed by atoms with E-state index in [-0.39, 0.29) is 0 Å². The minimum atomic E-state index is 0.302. The van der Waals surface area contributed by atoms with Gasteiger partial charge in [0.05, 0.1) is 10.9 Å². The third-order valence-corrected chi connectivity index (χ3v) is 2.82. The summed E-state index contributed by atoms with van der Waals surface area (Å²) in [5.41, 5.74) is 7.67. The van der Waals surface area contributed by atoms with E-state index in [0.29, 0.717) is 5.95 Å². The molecule has 0 amide bonds. The highest BCUT2D eigenvalue weighted by Crippen LogP contribution is 2.30. The maximum Gasteiger partial charge on any atom is 0.222 e. The Morgan fingerprint density at radius 1 is 1.18 bits per heavy atom. The van der Waals surface area contributed by atoms with Crippen molar-refractivity contribution in [2.75, 3.05) is 24.7 Å². The summed E-state index contributed by atoms with van der Waals surface area (Å²) >= 11 is 0. The summed E-state index contributed by atoms with van der Waals surface area (Å²) in [6, 6.07) is 5.99. The van der Waals surface area contributed by atoms with Crippen molar-refractivity contribution in [3.63, 3.8) is 0 Å². The first-order chi connectivity index (χ1) is 8.16. The summed E-state index contributed by atoms with van der Waals surface area (Å²) in [6.07, 6.45) is 1.92. The minimum Gasteiger partial charge on any atom is -0.368 e. The smallest absolute Gasteiger partial charge is 0.222 e. The van der Waals surface area contributed by atoms with Crippen LogP contribution in [0.4, 0.5) is 11.8 Å². The van der Waals surface area contributed by atoms with Gasteiger partial charge in [-0.15, -0.1) is 0 Å². The molecule has 17 heavy (non-hydrogen) atoms. The second kappa shape index (κ2) is 3.35. The molecule has 0 saturated heterocycles. The number of rotatable bonds is 1. The largest absolute Gasteiger partial charge is 0.368 e. The maximum absolute atomic E-state index is 5.73. The fourth-order valence-corrected chi connectivity index (χ4v) is 2.09. The second-order valence-electron chi connectivity index (χ2n) is 4.20. The molecule has 0 bridgehead atoms. The van der Waals surface area contributed by atoms with Gasteiger partial charge < -0.3 is 15.6 Å². The number of nitrogens with one attached hydrogen (secondary N) is 1. The van der Waals surface area contributed by atoms with Crippen LogP contribution < -0.4 is 10.6 Å². The molecule has 2 heterocycles. The maximum atomic E-state index is 5.73. The molecule has 2 aromatic heterocycles. The molecular formula is C12H13N5. The number of aromatic nitrogens is 3. The molecule has 5 heteroatoms. The van der Waals surface area contributed by atoms with E-state index < -0.39 is 0 Å². The van der Waals surface area contributed by atoms with Crippen molar-refractivity contribution in [2.24, 2.45) is 0 Å². The van der Waals surface area contributed by atoms with Gasteiger partial charge in [-0.3, -0.25) is 0 Å². The molecule has 0 unspecified atom stereocenters. The number of nitrogen functional groups attached to an aromatic ring is 1. The number of nitrogens with two attached hydrogens (primary N) is 1. The average Bonchev–Trinajstić information content (AvgIpc) is 2.75. The number of aromatic amines is 1. The lowest BCUT2D eigenvalue weighted by Crippen LogP contribution is -2.13. The monoisotopic (exact) mass is 227 g/mol. The number of hydrogen-bond acceptors (Lipinski definition) is 4. The van der Waals surface area contributed by atoms with Crippen LogP contribution in [0.15, 0.2) is 24.4 Å². The molecule has 86 valence electrons. The molecule has 1 aromatic carbocycles. The standard InChI is InChI=1S/C12H13N5/c1-17(2)11-10-7-5-6-14-8(7)3-4-9(10)15-12(13)16-11/h3-6,14H,1-2H3,(H2,13,15,16). The van der Waals surface area contributed by atoms with Gasteiger partial charge in [0.25, 0.3) is 0 Å². The van der Waals surface area contributed by atoms with Gasteiger partial charge in [0.2, 0.25) is 5.95 Å². The van der Waals surface area contributed by atoms with Gasteiger partial charge in [0, 0.05) is 31.2 Å². The van der Waals surface area contributed by atoms with E-state index >= 15 is 0 Å². The van der Waals surface area contributed by atoms with Crippen LogP contribution in [0.3, 0.4) is 0 Å². The van der Waals surface area contributed by atoms with Gasteiger partial charge in [-0.25, -0.2) is 4.98 Å². The first kappa shape index (κ1) is 9.89. The van der Waals surface area contributed by atoms with Crippen molar-refractivity contribution in [2.45, 2.75) is 0 Å². The van der Waals surface area contributed by atoms with E-state index in [9.17, 15) is 0 Å². The van der Waals surface area contributed by atoms with Crippen LogP contribution in [0.5, 0.6) is 0 Å². The van der Waals surface area contributed by atoms with Crippen molar-refractivity contribution < 1.29 is 0 Å². The molecule has 0 spiro atoms. The minimum absolute atomic E-state index is 0.302. The van der Waals surface area contributed by atoms with E-state index in [1.54, 1.807) is 0 Å². The Bertz CT molecular complexity index is 699. The molecule has 0 aliphatic carbocycles. The number of benzene rings is 1. The lowest BCUT2D eigenvalue weighted by molar-refractivity contribution is 1.07. The molecule has 0 aliphatic heterocycles. The summed E-state index contributed by atoms with van der Waals surface area (Å²) < 4.78 is 0. The third kappa shape index (κ3) is 1.39. The Kier molecular flexibility index (Phi) is 1.95. The summed E-state index contributed by atoms with van der Waals surface area (Å²) in [4.78, 5) is 13.7. The highest BCUT2D eigenvalue weighted by atomic mass is 15.2. The topological polar surface area (TPSA) is 70.8 Å². The molecule has 0 fully saturated rings. The lowest BCUT2D eigenvalue weighted by atomic mass is 10.1. The van der Waals surface area contributed by atoms with E-state index in [1.165, 1.54) is 0 Å². The van der Waals surface area contributed by atoms with Crippen LogP contribution in [0, 0.1) is 0 Å². The van der Waals surface area contributed by atoms with Gasteiger partial charge >= 0.3 is 0 Å². The molecule has 0 saturated carbocycles. The summed E-state index contributed by atoms with van der Waals surface area (Å²) in [5, 5.41) is 2.15. The van der Waals surface area contributed by atoms with Crippen LogP contribution in [0.1, 0.15) is 0 Å². The summed E-state index contributed by atoms with van der Waals surface area (Å²) in [7, 11) is 3.90. The van der Waals surface area contributed by atoms with Crippen molar-refractivity contribution >= 4 is 33.6 Å². The molecule has 3 N–H and O–H groups in total. The molecule has 0 atom stereocenters. The predicted octanol–water partition coefficient (Wildman–Crippen LogP) is 1.76. The Morgan fingerprint density at radius 2 is 2.00 bits per heavy atom. The normalized spacial score (nSPS) is 11.2. The molecule has 5 nitrogen and oxygen atoms in total. The van der Waals surface area contributed by atoms with Gasteiger partial charge in [-0.05, 0) is 18.2 Å². The van der Waals surface area contributed by atoms with Crippen LogP contribution in [0.25, 0.3) is 21.8 Å². The van der Waals surface area contributed by atoms with Gasteiger partial charge in [-0.1, -0.05) is 0 Å². The zero-order valence-corrected chi connectivity index (χ0v) is 9.73. The SMILES string of the molecule is CN(C)c1nc(N)nc2ccc3[nH]ccc3c12. The van der Waals surface area contributed by atoms with Crippen LogP contribution >= 0.6 is 0 Å². The first-order valence-electron chi connectivity index (χ1n) is 5.37. The van der Waals surface area contributed by atoms with Crippen molar-refractivity contribution in [1.29, 1.82) is 0 Å². The summed E-state index contributed by atoms with van der Waals surface area (Å²) in [5.74, 6) is 1.15. The fourth-order valence-electron chi connectivity index (χ4n) is 2.09. The van der Waals surface area contributed by atoms with Crippen molar-refractivity contribution in [3.8, 4) is 0 Å². The number of nitrogens with zero attached hydrogens (tertiary/aromatic N) is 3.